The minimum absolute atomic E-state index is 0.0577. The standard InChI is InChI=1S/C21H25N5O2S/c1-15-3-5-16(6-4-15)21-23-19(24-28-21)17-7-8-18(29-17)20(27)22-9-10-26-13-11-25(2)12-14-26/h3-8H,9-14H2,1-2H3,(H,22,27). The molecule has 8 heteroatoms. The third-order valence-electron chi connectivity index (χ3n) is 5.08. The Hall–Kier alpha value is -2.55. The van der Waals surface area contributed by atoms with E-state index in [1.807, 2.05) is 43.3 Å². The number of hydrogen-bond donors (Lipinski definition) is 1. The van der Waals surface area contributed by atoms with Gasteiger partial charge in [0.1, 0.15) is 0 Å². The number of benzene rings is 1. The molecule has 7 nitrogen and oxygen atoms in total. The number of rotatable bonds is 6. The molecule has 3 aromatic rings. The number of carbonyl (C=O) groups is 1. The molecule has 0 unspecified atom stereocenters. The summed E-state index contributed by atoms with van der Waals surface area (Å²) in [5, 5.41) is 7.08. The Kier molecular flexibility index (Phi) is 6.03. The molecule has 0 radical (unpaired) electrons. The molecule has 2 aromatic heterocycles. The van der Waals surface area contributed by atoms with Crippen LogP contribution in [0.5, 0.6) is 0 Å². The fraction of sp³-hybridized carbons (Fsp3) is 0.381. The van der Waals surface area contributed by atoms with Gasteiger partial charge in [0.2, 0.25) is 5.82 Å². The number of carbonyl (C=O) groups excluding carboxylic acids is 1. The van der Waals surface area contributed by atoms with Crippen LogP contribution in [0, 0.1) is 6.92 Å². The van der Waals surface area contributed by atoms with Gasteiger partial charge in [-0.05, 0) is 38.2 Å². The SMILES string of the molecule is Cc1ccc(-c2nc(-c3ccc(C(=O)NCCN4CCN(C)CC4)s3)no2)cc1. The third-order valence-corrected chi connectivity index (χ3v) is 6.16. The number of piperazine rings is 1. The first-order chi connectivity index (χ1) is 14.1. The van der Waals surface area contributed by atoms with Crippen molar-refractivity contribution in [1.82, 2.24) is 25.3 Å². The number of nitrogens with zero attached hydrogens (tertiary/aromatic N) is 4. The molecule has 1 aromatic carbocycles. The van der Waals surface area contributed by atoms with Crippen LogP contribution < -0.4 is 5.32 Å². The Morgan fingerprint density at radius 3 is 2.66 bits per heavy atom. The number of aryl methyl sites for hydroxylation is 1. The van der Waals surface area contributed by atoms with Crippen molar-refractivity contribution in [3.05, 3.63) is 46.8 Å². The Morgan fingerprint density at radius 2 is 1.90 bits per heavy atom. The lowest BCUT2D eigenvalue weighted by Gasteiger charge is -2.32. The maximum Gasteiger partial charge on any atom is 0.261 e. The van der Waals surface area contributed by atoms with Gasteiger partial charge in [0.15, 0.2) is 0 Å². The highest BCUT2D eigenvalue weighted by atomic mass is 32.1. The number of hydrogen-bond acceptors (Lipinski definition) is 7. The number of amides is 1. The average molecular weight is 412 g/mol. The predicted molar refractivity (Wildman–Crippen MR) is 114 cm³/mol. The Bertz CT molecular complexity index is 958. The molecule has 0 bridgehead atoms. The first-order valence-corrected chi connectivity index (χ1v) is 10.6. The van der Waals surface area contributed by atoms with Crippen molar-refractivity contribution in [1.29, 1.82) is 0 Å². The van der Waals surface area contributed by atoms with E-state index < -0.39 is 0 Å². The fourth-order valence-electron chi connectivity index (χ4n) is 3.20. The molecule has 1 amide bonds. The summed E-state index contributed by atoms with van der Waals surface area (Å²) in [6, 6.07) is 11.6. The van der Waals surface area contributed by atoms with E-state index in [4.69, 9.17) is 4.52 Å². The lowest BCUT2D eigenvalue weighted by Crippen LogP contribution is -2.46. The van der Waals surface area contributed by atoms with Gasteiger partial charge < -0.3 is 14.7 Å². The lowest BCUT2D eigenvalue weighted by atomic mass is 10.1. The number of likely N-dealkylation sites (N-methyl/N-ethyl adjacent to an activating group) is 1. The van der Waals surface area contributed by atoms with Crippen LogP contribution in [-0.4, -0.2) is 72.2 Å². The third kappa shape index (κ3) is 4.90. The molecule has 3 heterocycles. The minimum Gasteiger partial charge on any atom is -0.350 e. The van der Waals surface area contributed by atoms with Crippen LogP contribution in [0.4, 0.5) is 0 Å². The summed E-state index contributed by atoms with van der Waals surface area (Å²) < 4.78 is 5.39. The largest absolute Gasteiger partial charge is 0.350 e. The monoisotopic (exact) mass is 411 g/mol. The zero-order valence-corrected chi connectivity index (χ0v) is 17.5. The highest BCUT2D eigenvalue weighted by Crippen LogP contribution is 2.28. The summed E-state index contributed by atoms with van der Waals surface area (Å²) in [4.78, 5) is 23.1. The zero-order chi connectivity index (χ0) is 20.2. The highest BCUT2D eigenvalue weighted by Gasteiger charge is 2.16. The van der Waals surface area contributed by atoms with Crippen molar-refractivity contribution in [3.63, 3.8) is 0 Å². The molecule has 1 aliphatic rings. The van der Waals surface area contributed by atoms with E-state index >= 15 is 0 Å². The van der Waals surface area contributed by atoms with E-state index in [9.17, 15) is 4.79 Å². The van der Waals surface area contributed by atoms with Crippen LogP contribution in [0.25, 0.3) is 22.2 Å². The van der Waals surface area contributed by atoms with Crippen molar-refractivity contribution in [2.75, 3.05) is 46.3 Å². The molecule has 0 aliphatic carbocycles. The summed E-state index contributed by atoms with van der Waals surface area (Å²) >= 11 is 1.37. The normalized spacial score (nSPS) is 15.5. The molecule has 0 saturated carbocycles. The molecule has 1 saturated heterocycles. The van der Waals surface area contributed by atoms with Crippen LogP contribution >= 0.6 is 11.3 Å². The molecule has 152 valence electrons. The topological polar surface area (TPSA) is 74.5 Å². The number of thiophene rings is 1. The van der Waals surface area contributed by atoms with Gasteiger partial charge >= 0.3 is 0 Å². The second kappa shape index (κ2) is 8.86. The molecule has 1 aliphatic heterocycles. The molecular weight excluding hydrogens is 386 g/mol. The smallest absolute Gasteiger partial charge is 0.261 e. The molecular formula is C21H25N5O2S. The second-order valence-corrected chi connectivity index (χ2v) is 8.44. The van der Waals surface area contributed by atoms with Gasteiger partial charge in [0.05, 0.1) is 9.75 Å². The Balaban J connectivity index is 1.33. The Morgan fingerprint density at radius 1 is 1.14 bits per heavy atom. The van der Waals surface area contributed by atoms with E-state index in [2.05, 4.69) is 32.3 Å². The van der Waals surface area contributed by atoms with Gasteiger partial charge in [0, 0.05) is 44.8 Å². The summed E-state index contributed by atoms with van der Waals surface area (Å²) in [5.41, 5.74) is 2.06. The zero-order valence-electron chi connectivity index (χ0n) is 16.7. The second-order valence-electron chi connectivity index (χ2n) is 7.35. The van der Waals surface area contributed by atoms with Gasteiger partial charge in [-0.25, -0.2) is 0 Å². The van der Waals surface area contributed by atoms with Crippen LogP contribution in [0.3, 0.4) is 0 Å². The Labute approximate surface area is 174 Å². The van der Waals surface area contributed by atoms with Crippen LogP contribution in [0.15, 0.2) is 40.9 Å². The van der Waals surface area contributed by atoms with Gasteiger partial charge in [-0.3, -0.25) is 9.69 Å². The van der Waals surface area contributed by atoms with Gasteiger partial charge in [-0.2, -0.15) is 4.98 Å². The van der Waals surface area contributed by atoms with Gasteiger partial charge in [-0.1, -0.05) is 22.9 Å². The first kappa shape index (κ1) is 19.8. The van der Waals surface area contributed by atoms with Crippen LogP contribution in [0.2, 0.25) is 0 Å². The summed E-state index contributed by atoms with van der Waals surface area (Å²) in [6.45, 7) is 7.83. The molecule has 1 N–H and O–H groups in total. The fourth-order valence-corrected chi connectivity index (χ4v) is 4.05. The lowest BCUT2D eigenvalue weighted by molar-refractivity contribution is 0.0945. The number of nitrogens with one attached hydrogen (secondary N) is 1. The summed E-state index contributed by atoms with van der Waals surface area (Å²) in [5.74, 6) is 0.922. The van der Waals surface area contributed by atoms with Crippen molar-refractivity contribution < 1.29 is 9.32 Å². The molecule has 4 rings (SSSR count). The quantitative estimate of drug-likeness (QED) is 0.672. The summed E-state index contributed by atoms with van der Waals surface area (Å²) in [7, 11) is 2.14. The summed E-state index contributed by atoms with van der Waals surface area (Å²) in [6.07, 6.45) is 0. The first-order valence-electron chi connectivity index (χ1n) is 9.78. The maximum absolute atomic E-state index is 12.4. The number of aromatic nitrogens is 2. The predicted octanol–water partition coefficient (Wildman–Crippen LogP) is 2.75. The van der Waals surface area contributed by atoms with Crippen molar-refractivity contribution in [3.8, 4) is 22.2 Å². The van der Waals surface area contributed by atoms with Crippen molar-refractivity contribution in [2.45, 2.75) is 6.92 Å². The average Bonchev–Trinajstić information content (AvgIpc) is 3.40. The maximum atomic E-state index is 12.4. The molecule has 0 atom stereocenters. The molecule has 0 spiro atoms. The van der Waals surface area contributed by atoms with E-state index in [1.165, 1.54) is 16.9 Å². The molecule has 29 heavy (non-hydrogen) atoms. The van der Waals surface area contributed by atoms with Crippen LogP contribution in [-0.2, 0) is 0 Å². The van der Waals surface area contributed by atoms with Gasteiger partial charge in [0.25, 0.3) is 11.8 Å². The van der Waals surface area contributed by atoms with Crippen molar-refractivity contribution >= 4 is 17.2 Å². The van der Waals surface area contributed by atoms with E-state index in [0.29, 0.717) is 23.1 Å². The van der Waals surface area contributed by atoms with E-state index in [1.54, 1.807) is 0 Å². The van der Waals surface area contributed by atoms with E-state index in [-0.39, 0.29) is 5.91 Å². The molecule has 1 fully saturated rings. The van der Waals surface area contributed by atoms with Crippen molar-refractivity contribution in [2.24, 2.45) is 0 Å². The van der Waals surface area contributed by atoms with Crippen LogP contribution in [0.1, 0.15) is 15.2 Å². The van der Waals surface area contributed by atoms with E-state index in [0.717, 1.165) is 43.2 Å². The minimum atomic E-state index is -0.0577. The highest BCUT2D eigenvalue weighted by molar-refractivity contribution is 7.17. The van der Waals surface area contributed by atoms with Gasteiger partial charge in [-0.15, -0.1) is 11.3 Å².